The predicted octanol–water partition coefficient (Wildman–Crippen LogP) is 3.09. The van der Waals surface area contributed by atoms with Crippen molar-refractivity contribution >= 4 is 23.2 Å². The number of anilines is 2. The second-order valence-corrected chi connectivity index (χ2v) is 5.54. The molecule has 7 heteroatoms. The van der Waals surface area contributed by atoms with Gasteiger partial charge in [-0.3, -0.25) is 9.59 Å². The minimum absolute atomic E-state index is 0.155. The van der Waals surface area contributed by atoms with Crippen molar-refractivity contribution in [2.24, 2.45) is 0 Å². The number of amides is 2. The molecule has 0 aliphatic rings. The summed E-state index contributed by atoms with van der Waals surface area (Å²) in [7, 11) is 1.49. The van der Waals surface area contributed by atoms with Gasteiger partial charge in [0.15, 0.2) is 11.4 Å². The summed E-state index contributed by atoms with van der Waals surface area (Å²) in [5.74, 6) is -0.164. The highest BCUT2D eigenvalue weighted by Gasteiger charge is 2.18. The van der Waals surface area contributed by atoms with Crippen molar-refractivity contribution in [2.75, 3.05) is 17.7 Å². The molecule has 26 heavy (non-hydrogen) atoms. The van der Waals surface area contributed by atoms with Gasteiger partial charge in [0, 0.05) is 18.3 Å². The topological polar surface area (TPSA) is 85.2 Å². The summed E-state index contributed by atoms with van der Waals surface area (Å²) in [5, 5.41) is 9.77. The largest absolute Gasteiger partial charge is 0.493 e. The van der Waals surface area contributed by atoms with Crippen LogP contribution >= 0.6 is 0 Å². The molecule has 2 amide bonds. The zero-order valence-corrected chi connectivity index (χ0v) is 14.4. The lowest BCUT2D eigenvalue weighted by atomic mass is 10.2. The van der Waals surface area contributed by atoms with Crippen LogP contribution in [-0.4, -0.2) is 28.7 Å². The number of nitrogens with one attached hydrogen (secondary N) is 2. The van der Waals surface area contributed by atoms with E-state index in [0.717, 1.165) is 5.69 Å². The summed E-state index contributed by atoms with van der Waals surface area (Å²) >= 11 is 0. The van der Waals surface area contributed by atoms with Crippen LogP contribution in [0.3, 0.4) is 0 Å². The fourth-order valence-corrected chi connectivity index (χ4v) is 2.41. The molecule has 132 valence electrons. The summed E-state index contributed by atoms with van der Waals surface area (Å²) < 4.78 is 6.87. The molecule has 0 bridgehead atoms. The highest BCUT2D eigenvalue weighted by atomic mass is 16.5. The highest BCUT2D eigenvalue weighted by Crippen LogP contribution is 2.21. The number of hydrogen-bond donors (Lipinski definition) is 2. The van der Waals surface area contributed by atoms with Gasteiger partial charge in [0.1, 0.15) is 0 Å². The average Bonchev–Trinajstić information content (AvgIpc) is 3.08. The minimum atomic E-state index is -0.385. The number of aromatic nitrogens is 2. The Balaban J connectivity index is 1.79. The predicted molar refractivity (Wildman–Crippen MR) is 98.8 cm³/mol. The maximum Gasteiger partial charge on any atom is 0.280 e. The van der Waals surface area contributed by atoms with Crippen LogP contribution in [0.5, 0.6) is 5.75 Å². The first-order valence-corrected chi connectivity index (χ1v) is 7.95. The molecule has 0 saturated carbocycles. The normalized spacial score (nSPS) is 10.2. The van der Waals surface area contributed by atoms with Gasteiger partial charge in [-0.25, -0.2) is 4.68 Å². The maximum atomic E-state index is 12.6. The molecule has 2 aromatic carbocycles. The average molecular weight is 350 g/mol. The Morgan fingerprint density at radius 1 is 0.962 bits per heavy atom. The quantitative estimate of drug-likeness (QED) is 0.740. The zero-order chi connectivity index (χ0) is 18.5. The van der Waals surface area contributed by atoms with Gasteiger partial charge in [-0.2, -0.15) is 5.10 Å². The first-order chi connectivity index (χ1) is 12.6. The van der Waals surface area contributed by atoms with E-state index >= 15 is 0 Å². The van der Waals surface area contributed by atoms with Crippen molar-refractivity contribution in [3.8, 4) is 11.4 Å². The molecule has 0 spiro atoms. The van der Waals surface area contributed by atoms with Crippen LogP contribution in [0, 0.1) is 0 Å². The molecule has 0 unspecified atom stereocenters. The number of carbonyl (C=O) groups excluding carboxylic acids is 2. The molecule has 1 aromatic heterocycles. The van der Waals surface area contributed by atoms with Crippen molar-refractivity contribution in [3.63, 3.8) is 0 Å². The van der Waals surface area contributed by atoms with E-state index in [1.165, 1.54) is 14.0 Å². The summed E-state index contributed by atoms with van der Waals surface area (Å²) in [6.07, 6.45) is 1.66. The monoisotopic (exact) mass is 350 g/mol. The van der Waals surface area contributed by atoms with Crippen LogP contribution in [0.2, 0.25) is 0 Å². The van der Waals surface area contributed by atoms with Crippen molar-refractivity contribution < 1.29 is 14.3 Å². The molecule has 1 heterocycles. The number of para-hydroxylation sites is 1. The lowest BCUT2D eigenvalue weighted by molar-refractivity contribution is -0.114. The SMILES string of the molecule is COc1cn(-c2ccccc2)nc1C(=O)Nc1ccc(NC(C)=O)cc1. The van der Waals surface area contributed by atoms with E-state index in [1.807, 2.05) is 30.3 Å². The third kappa shape index (κ3) is 3.89. The Kier molecular flexibility index (Phi) is 4.98. The highest BCUT2D eigenvalue weighted by molar-refractivity contribution is 6.04. The Hall–Kier alpha value is -3.61. The van der Waals surface area contributed by atoms with Gasteiger partial charge in [0.05, 0.1) is 19.0 Å². The molecule has 0 aliphatic heterocycles. The van der Waals surface area contributed by atoms with Gasteiger partial charge >= 0.3 is 0 Å². The number of rotatable bonds is 5. The summed E-state index contributed by atoms with van der Waals surface area (Å²) in [6.45, 7) is 1.44. The third-order valence-electron chi connectivity index (χ3n) is 3.60. The van der Waals surface area contributed by atoms with Gasteiger partial charge in [0.2, 0.25) is 5.91 Å². The number of nitrogens with zero attached hydrogens (tertiary/aromatic N) is 2. The van der Waals surface area contributed by atoms with E-state index in [9.17, 15) is 9.59 Å². The lowest BCUT2D eigenvalue weighted by Gasteiger charge is -2.06. The standard InChI is InChI=1S/C19H18N4O3/c1-13(24)20-14-8-10-15(11-9-14)21-19(25)18-17(26-2)12-23(22-18)16-6-4-3-5-7-16/h3-12H,1-2H3,(H,20,24)(H,21,25). The van der Waals surface area contributed by atoms with Crippen molar-refractivity contribution in [1.29, 1.82) is 0 Å². The fraction of sp³-hybridized carbons (Fsp3) is 0.105. The van der Waals surface area contributed by atoms with Crippen LogP contribution in [0.1, 0.15) is 17.4 Å². The molecular formula is C19H18N4O3. The lowest BCUT2D eigenvalue weighted by Crippen LogP contribution is -2.14. The van der Waals surface area contributed by atoms with Crippen LogP contribution < -0.4 is 15.4 Å². The summed E-state index contributed by atoms with van der Waals surface area (Å²) in [6, 6.07) is 16.3. The molecule has 3 rings (SSSR count). The van der Waals surface area contributed by atoms with E-state index in [-0.39, 0.29) is 17.5 Å². The van der Waals surface area contributed by atoms with Gasteiger partial charge < -0.3 is 15.4 Å². The second-order valence-electron chi connectivity index (χ2n) is 5.54. The van der Waals surface area contributed by atoms with E-state index < -0.39 is 0 Å². The summed E-state index contributed by atoms with van der Waals surface area (Å²) in [5.41, 5.74) is 2.24. The second kappa shape index (κ2) is 7.52. The van der Waals surface area contributed by atoms with E-state index in [2.05, 4.69) is 15.7 Å². The maximum absolute atomic E-state index is 12.6. The number of carbonyl (C=O) groups is 2. The van der Waals surface area contributed by atoms with Crippen molar-refractivity contribution in [2.45, 2.75) is 6.92 Å². The van der Waals surface area contributed by atoms with E-state index in [4.69, 9.17) is 4.74 Å². The molecule has 0 radical (unpaired) electrons. The minimum Gasteiger partial charge on any atom is -0.493 e. The van der Waals surface area contributed by atoms with E-state index in [0.29, 0.717) is 17.1 Å². The van der Waals surface area contributed by atoms with E-state index in [1.54, 1.807) is 35.1 Å². The number of ether oxygens (including phenoxy) is 1. The first kappa shape index (κ1) is 17.2. The number of hydrogen-bond acceptors (Lipinski definition) is 4. The van der Waals surface area contributed by atoms with Gasteiger partial charge in [0.25, 0.3) is 5.91 Å². The number of methoxy groups -OCH3 is 1. The fourth-order valence-electron chi connectivity index (χ4n) is 2.41. The van der Waals surface area contributed by atoms with Gasteiger partial charge in [-0.05, 0) is 36.4 Å². The molecule has 0 saturated heterocycles. The smallest absolute Gasteiger partial charge is 0.280 e. The van der Waals surface area contributed by atoms with Crippen LogP contribution in [-0.2, 0) is 4.79 Å². The summed E-state index contributed by atoms with van der Waals surface area (Å²) in [4.78, 5) is 23.6. The molecule has 0 atom stereocenters. The molecule has 0 fully saturated rings. The molecule has 2 N–H and O–H groups in total. The van der Waals surface area contributed by atoms with Crippen molar-refractivity contribution in [3.05, 3.63) is 66.5 Å². The zero-order valence-electron chi connectivity index (χ0n) is 14.4. The Morgan fingerprint density at radius 2 is 1.58 bits per heavy atom. The molecule has 7 nitrogen and oxygen atoms in total. The van der Waals surface area contributed by atoms with Crippen molar-refractivity contribution in [1.82, 2.24) is 9.78 Å². The Bertz CT molecular complexity index is 918. The molecule has 0 aliphatic carbocycles. The van der Waals surface area contributed by atoms with Crippen LogP contribution in [0.4, 0.5) is 11.4 Å². The first-order valence-electron chi connectivity index (χ1n) is 7.95. The third-order valence-corrected chi connectivity index (χ3v) is 3.60. The number of benzene rings is 2. The Morgan fingerprint density at radius 3 is 2.15 bits per heavy atom. The van der Waals surface area contributed by atoms with Gasteiger partial charge in [-0.15, -0.1) is 0 Å². The molecular weight excluding hydrogens is 332 g/mol. The van der Waals surface area contributed by atoms with Gasteiger partial charge in [-0.1, -0.05) is 18.2 Å². The molecule has 3 aromatic rings. The van der Waals surface area contributed by atoms with Crippen LogP contribution in [0.15, 0.2) is 60.8 Å². The Labute approximate surface area is 150 Å². The van der Waals surface area contributed by atoms with Crippen LogP contribution in [0.25, 0.3) is 5.69 Å².